The summed E-state index contributed by atoms with van der Waals surface area (Å²) in [6, 6.07) is 11.2. The molecule has 24 heavy (non-hydrogen) atoms. The fraction of sp³-hybridized carbons (Fsp3) is 0.316. The molecule has 4 rings (SSSR count). The predicted molar refractivity (Wildman–Crippen MR) is 91.3 cm³/mol. The van der Waals surface area contributed by atoms with Crippen molar-refractivity contribution in [2.24, 2.45) is 15.7 Å². The minimum atomic E-state index is -3.78. The number of aryl methyl sites for hydroxylation is 1. The molecule has 3 nitrogen and oxygen atoms in total. The Morgan fingerprint density at radius 3 is 2.38 bits per heavy atom. The number of nitrogens with zero attached hydrogens (tertiary/aromatic N) is 1. The van der Waals surface area contributed by atoms with Crippen molar-refractivity contribution < 1.29 is 12.8 Å². The molecule has 5 heteroatoms. The highest BCUT2D eigenvalue weighted by atomic mass is 32.2. The second-order valence-electron chi connectivity index (χ2n) is 7.27. The van der Waals surface area contributed by atoms with Gasteiger partial charge in [-0.25, -0.2) is 4.39 Å². The topological polar surface area (TPSA) is 46.5 Å². The van der Waals surface area contributed by atoms with Crippen molar-refractivity contribution >= 4 is 15.7 Å². The maximum absolute atomic E-state index is 13.6. The number of benzene rings is 2. The molecule has 2 atom stereocenters. The average Bonchev–Trinajstić information content (AvgIpc) is 2.91. The molecule has 0 aliphatic heterocycles. The number of fused-ring (bicyclic) bond motifs is 3. The highest BCUT2D eigenvalue weighted by Crippen LogP contribution is 2.70. The standard InChI is InChI=1S/C19H18FNO2S/c1-11-4-7-13(8-5-11)24(22,23)21-18-14-9-6-12(20)10-15(14)16-17(18)19(16,2)3/h4-10,16-17H,1-3H3/b21-18+/t16-,17-/m0/s1. The van der Waals surface area contributed by atoms with Gasteiger partial charge in [0.1, 0.15) is 5.82 Å². The molecule has 0 amide bonds. The van der Waals surface area contributed by atoms with Gasteiger partial charge in [0.15, 0.2) is 0 Å². The quantitative estimate of drug-likeness (QED) is 0.825. The van der Waals surface area contributed by atoms with Crippen molar-refractivity contribution in [1.82, 2.24) is 0 Å². The van der Waals surface area contributed by atoms with Crippen LogP contribution in [0.4, 0.5) is 4.39 Å². The summed E-state index contributed by atoms with van der Waals surface area (Å²) in [5.41, 5.74) is 3.12. The Bertz CT molecular complexity index is 975. The minimum absolute atomic E-state index is 0.0366. The van der Waals surface area contributed by atoms with Gasteiger partial charge in [-0.2, -0.15) is 12.8 Å². The molecule has 0 saturated heterocycles. The third kappa shape index (κ3) is 2.14. The van der Waals surface area contributed by atoms with E-state index in [-0.39, 0.29) is 28.0 Å². The lowest BCUT2D eigenvalue weighted by molar-refractivity contribution is 0.588. The number of halogens is 1. The summed E-state index contributed by atoms with van der Waals surface area (Å²) in [6.45, 7) is 6.05. The van der Waals surface area contributed by atoms with Gasteiger partial charge in [0.2, 0.25) is 0 Å². The summed E-state index contributed by atoms with van der Waals surface area (Å²) in [4.78, 5) is 0.186. The van der Waals surface area contributed by atoms with E-state index in [0.29, 0.717) is 5.71 Å². The van der Waals surface area contributed by atoms with E-state index in [1.807, 2.05) is 6.92 Å². The van der Waals surface area contributed by atoms with E-state index in [1.54, 1.807) is 30.3 Å². The minimum Gasteiger partial charge on any atom is -0.207 e. The third-order valence-electron chi connectivity index (χ3n) is 5.28. The maximum Gasteiger partial charge on any atom is 0.282 e. The maximum atomic E-state index is 13.6. The van der Waals surface area contributed by atoms with Crippen molar-refractivity contribution in [1.29, 1.82) is 0 Å². The lowest BCUT2D eigenvalue weighted by Gasteiger charge is -2.13. The zero-order valence-electron chi connectivity index (χ0n) is 13.7. The molecule has 0 spiro atoms. The third-order valence-corrected chi connectivity index (χ3v) is 6.59. The van der Waals surface area contributed by atoms with Crippen LogP contribution >= 0.6 is 0 Å². The van der Waals surface area contributed by atoms with Crippen LogP contribution in [0, 0.1) is 24.1 Å². The first-order valence-corrected chi connectivity index (χ1v) is 9.37. The van der Waals surface area contributed by atoms with E-state index in [0.717, 1.165) is 16.7 Å². The Morgan fingerprint density at radius 2 is 1.71 bits per heavy atom. The molecule has 0 bridgehead atoms. The molecule has 0 unspecified atom stereocenters. The lowest BCUT2D eigenvalue weighted by atomic mass is 9.94. The SMILES string of the molecule is Cc1ccc(S(=O)(=O)/N=C2\c3ccc(F)cc3[C@H]3[C@@H]2C3(C)C)cc1. The molecular formula is C19H18FNO2S. The molecular weight excluding hydrogens is 325 g/mol. The van der Waals surface area contributed by atoms with Crippen LogP contribution < -0.4 is 0 Å². The molecule has 1 saturated carbocycles. The van der Waals surface area contributed by atoms with E-state index in [2.05, 4.69) is 18.2 Å². The van der Waals surface area contributed by atoms with Crippen molar-refractivity contribution in [2.45, 2.75) is 31.6 Å². The second kappa shape index (κ2) is 4.76. The monoisotopic (exact) mass is 343 g/mol. The highest BCUT2D eigenvalue weighted by molar-refractivity contribution is 7.90. The van der Waals surface area contributed by atoms with Crippen LogP contribution in [-0.4, -0.2) is 14.1 Å². The second-order valence-corrected chi connectivity index (χ2v) is 8.88. The molecule has 1 fully saturated rings. The Kier molecular flexibility index (Phi) is 3.08. The van der Waals surface area contributed by atoms with E-state index >= 15 is 0 Å². The number of rotatable bonds is 2. The molecule has 0 aromatic heterocycles. The summed E-state index contributed by atoms with van der Waals surface area (Å²) < 4.78 is 43.2. The smallest absolute Gasteiger partial charge is 0.207 e. The van der Waals surface area contributed by atoms with Crippen LogP contribution in [0.15, 0.2) is 51.8 Å². The molecule has 0 heterocycles. The van der Waals surface area contributed by atoms with Crippen molar-refractivity contribution in [2.75, 3.05) is 0 Å². The van der Waals surface area contributed by atoms with Gasteiger partial charge in [-0.15, -0.1) is 0 Å². The van der Waals surface area contributed by atoms with Gasteiger partial charge in [-0.05, 0) is 54.2 Å². The summed E-state index contributed by atoms with van der Waals surface area (Å²) in [7, 11) is -3.78. The molecule has 2 aliphatic carbocycles. The first-order chi connectivity index (χ1) is 11.2. The molecule has 2 aromatic carbocycles. The molecule has 2 aliphatic rings. The average molecular weight is 343 g/mol. The van der Waals surface area contributed by atoms with Gasteiger partial charge >= 0.3 is 0 Å². The Labute approximate surface area is 141 Å². The first-order valence-electron chi connectivity index (χ1n) is 7.93. The largest absolute Gasteiger partial charge is 0.282 e. The van der Waals surface area contributed by atoms with Crippen LogP contribution in [0.2, 0.25) is 0 Å². The van der Waals surface area contributed by atoms with E-state index in [1.165, 1.54) is 12.1 Å². The van der Waals surface area contributed by atoms with Gasteiger partial charge in [0, 0.05) is 11.5 Å². The molecule has 0 N–H and O–H groups in total. The van der Waals surface area contributed by atoms with Gasteiger partial charge in [-0.1, -0.05) is 31.5 Å². The first kappa shape index (κ1) is 15.5. The number of sulfonamides is 1. The van der Waals surface area contributed by atoms with Crippen molar-refractivity contribution in [3.63, 3.8) is 0 Å². The van der Waals surface area contributed by atoms with Crippen molar-refractivity contribution in [3.05, 3.63) is 65.0 Å². The van der Waals surface area contributed by atoms with E-state index < -0.39 is 10.0 Å². The normalized spacial score (nSPS) is 25.4. The van der Waals surface area contributed by atoms with Crippen LogP contribution in [0.1, 0.15) is 36.5 Å². The van der Waals surface area contributed by atoms with Crippen LogP contribution in [0.25, 0.3) is 0 Å². The van der Waals surface area contributed by atoms with E-state index in [4.69, 9.17) is 0 Å². The predicted octanol–water partition coefficient (Wildman–Crippen LogP) is 4.07. The fourth-order valence-corrected chi connectivity index (χ4v) is 4.97. The Hall–Kier alpha value is -2.01. The zero-order chi connectivity index (χ0) is 17.3. The highest BCUT2D eigenvalue weighted by Gasteiger charge is 2.65. The fourth-order valence-electron chi connectivity index (χ4n) is 3.92. The number of hydrogen-bond acceptors (Lipinski definition) is 2. The van der Waals surface area contributed by atoms with Crippen LogP contribution in [0.5, 0.6) is 0 Å². The van der Waals surface area contributed by atoms with Gasteiger partial charge < -0.3 is 0 Å². The summed E-state index contributed by atoms with van der Waals surface area (Å²) in [5, 5.41) is 0. The Balaban J connectivity index is 1.85. The van der Waals surface area contributed by atoms with Gasteiger partial charge in [-0.3, -0.25) is 0 Å². The Morgan fingerprint density at radius 1 is 1.04 bits per heavy atom. The van der Waals surface area contributed by atoms with Crippen molar-refractivity contribution in [3.8, 4) is 0 Å². The van der Waals surface area contributed by atoms with Gasteiger partial charge in [0.05, 0.1) is 10.6 Å². The lowest BCUT2D eigenvalue weighted by Crippen LogP contribution is -2.12. The summed E-state index contributed by atoms with van der Waals surface area (Å²) in [5.74, 6) is -0.109. The molecule has 124 valence electrons. The summed E-state index contributed by atoms with van der Waals surface area (Å²) in [6.07, 6.45) is 0. The number of hydrogen-bond donors (Lipinski definition) is 0. The van der Waals surface area contributed by atoms with E-state index in [9.17, 15) is 12.8 Å². The van der Waals surface area contributed by atoms with Crippen LogP contribution in [-0.2, 0) is 10.0 Å². The summed E-state index contributed by atoms with van der Waals surface area (Å²) >= 11 is 0. The van der Waals surface area contributed by atoms with Crippen LogP contribution in [0.3, 0.4) is 0 Å². The molecule has 0 radical (unpaired) electrons. The van der Waals surface area contributed by atoms with Gasteiger partial charge in [0.25, 0.3) is 10.0 Å². The zero-order valence-corrected chi connectivity index (χ0v) is 14.6. The molecule has 2 aromatic rings.